The molecule has 1 atom stereocenters. The van der Waals surface area contributed by atoms with Crippen LogP contribution in [0.1, 0.15) is 24.4 Å². The zero-order chi connectivity index (χ0) is 15.9. The predicted octanol–water partition coefficient (Wildman–Crippen LogP) is 3.24. The Morgan fingerprint density at radius 2 is 2.05 bits per heavy atom. The minimum Gasteiger partial charge on any atom is -0.415 e. The van der Waals surface area contributed by atoms with Crippen LogP contribution in [-0.4, -0.2) is 40.1 Å². The average Bonchev–Trinajstić information content (AvgIpc) is 3.00. The molecule has 0 saturated heterocycles. The van der Waals surface area contributed by atoms with Crippen molar-refractivity contribution in [2.45, 2.75) is 23.9 Å². The van der Waals surface area contributed by atoms with Crippen molar-refractivity contribution in [1.29, 1.82) is 0 Å². The third-order valence-electron chi connectivity index (χ3n) is 3.29. The molecule has 7 heteroatoms. The van der Waals surface area contributed by atoms with Gasteiger partial charge in [0, 0.05) is 7.05 Å². The maximum atomic E-state index is 12.3. The maximum absolute atomic E-state index is 12.3. The molecule has 0 N–H and O–H groups in total. The zero-order valence-electron chi connectivity index (χ0n) is 12.9. The molecule has 0 aliphatic rings. The molecule has 1 amide bonds. The van der Waals surface area contributed by atoms with Crippen LogP contribution >= 0.6 is 23.5 Å². The Bertz CT molecular complexity index is 604. The minimum absolute atomic E-state index is 0.0315. The summed E-state index contributed by atoms with van der Waals surface area (Å²) in [4.78, 5) is 14.0. The van der Waals surface area contributed by atoms with Crippen molar-refractivity contribution < 1.29 is 9.21 Å². The lowest BCUT2D eigenvalue weighted by atomic mass is 10.1. The van der Waals surface area contributed by atoms with E-state index in [0.717, 1.165) is 5.56 Å². The number of amides is 1. The second-order valence-corrected chi connectivity index (χ2v) is 6.57. The summed E-state index contributed by atoms with van der Waals surface area (Å²) in [5.41, 5.74) is 1.11. The highest BCUT2D eigenvalue weighted by molar-refractivity contribution is 7.99. The van der Waals surface area contributed by atoms with Gasteiger partial charge >= 0.3 is 0 Å². The van der Waals surface area contributed by atoms with E-state index in [4.69, 9.17) is 4.42 Å². The number of nitrogens with zero attached hydrogens (tertiary/aromatic N) is 3. The van der Waals surface area contributed by atoms with Gasteiger partial charge in [-0.25, -0.2) is 0 Å². The first-order chi connectivity index (χ1) is 10.6. The van der Waals surface area contributed by atoms with Crippen LogP contribution in [0.5, 0.6) is 0 Å². The second kappa shape index (κ2) is 8.24. The summed E-state index contributed by atoms with van der Waals surface area (Å²) < 4.78 is 5.45. The summed E-state index contributed by atoms with van der Waals surface area (Å²) in [5.74, 6) is 1.60. The molecule has 0 aliphatic carbocycles. The number of benzene rings is 1. The third-order valence-corrected chi connectivity index (χ3v) is 4.63. The average molecular weight is 337 g/mol. The predicted molar refractivity (Wildman–Crippen MR) is 89.9 cm³/mol. The fraction of sp³-hybridized carbons (Fsp3) is 0.400. The molecule has 2 rings (SSSR count). The van der Waals surface area contributed by atoms with E-state index in [1.165, 1.54) is 11.8 Å². The fourth-order valence-electron chi connectivity index (χ4n) is 1.87. The van der Waals surface area contributed by atoms with Crippen LogP contribution in [0, 0.1) is 0 Å². The molecule has 1 aromatic heterocycles. The molecule has 118 valence electrons. The number of hydrogen-bond acceptors (Lipinski definition) is 6. The summed E-state index contributed by atoms with van der Waals surface area (Å²) in [7, 11) is 1.81. The van der Waals surface area contributed by atoms with Gasteiger partial charge in [-0.2, -0.15) is 11.8 Å². The van der Waals surface area contributed by atoms with E-state index >= 15 is 0 Å². The molecule has 0 radical (unpaired) electrons. The van der Waals surface area contributed by atoms with E-state index < -0.39 is 0 Å². The quantitative estimate of drug-likeness (QED) is 0.723. The monoisotopic (exact) mass is 337 g/mol. The third kappa shape index (κ3) is 4.51. The van der Waals surface area contributed by atoms with E-state index in [-0.39, 0.29) is 17.7 Å². The molecule has 5 nitrogen and oxygen atoms in total. The van der Waals surface area contributed by atoms with E-state index in [9.17, 15) is 4.79 Å². The SMILES string of the molecule is CSCc1nnc(SCC(=O)N(C)C(C)c2ccccc2)o1. The van der Waals surface area contributed by atoms with Crippen molar-refractivity contribution in [1.82, 2.24) is 15.1 Å². The maximum Gasteiger partial charge on any atom is 0.277 e. The van der Waals surface area contributed by atoms with Crippen LogP contribution in [-0.2, 0) is 10.5 Å². The van der Waals surface area contributed by atoms with Gasteiger partial charge in [0.05, 0.1) is 17.5 Å². The van der Waals surface area contributed by atoms with Crippen molar-refractivity contribution in [2.75, 3.05) is 19.1 Å². The van der Waals surface area contributed by atoms with E-state index in [1.54, 1.807) is 16.7 Å². The van der Waals surface area contributed by atoms with Crippen LogP contribution < -0.4 is 0 Å². The van der Waals surface area contributed by atoms with Crippen LogP contribution in [0.3, 0.4) is 0 Å². The van der Waals surface area contributed by atoms with Gasteiger partial charge in [-0.1, -0.05) is 42.1 Å². The zero-order valence-corrected chi connectivity index (χ0v) is 14.5. The Morgan fingerprint density at radius 3 is 2.73 bits per heavy atom. The molecule has 0 bridgehead atoms. The number of hydrogen-bond donors (Lipinski definition) is 0. The van der Waals surface area contributed by atoms with Crippen molar-refractivity contribution in [3.05, 3.63) is 41.8 Å². The van der Waals surface area contributed by atoms with Crippen molar-refractivity contribution in [3.63, 3.8) is 0 Å². The van der Waals surface area contributed by atoms with E-state index in [2.05, 4.69) is 10.2 Å². The lowest BCUT2D eigenvalue weighted by Gasteiger charge is -2.25. The molecular formula is C15H19N3O2S2. The lowest BCUT2D eigenvalue weighted by molar-refractivity contribution is -0.128. The van der Waals surface area contributed by atoms with Crippen molar-refractivity contribution >= 4 is 29.4 Å². The van der Waals surface area contributed by atoms with Gasteiger partial charge in [0.1, 0.15) is 0 Å². The normalized spacial score (nSPS) is 12.1. The molecule has 1 aromatic carbocycles. The smallest absolute Gasteiger partial charge is 0.277 e. The van der Waals surface area contributed by atoms with Gasteiger partial charge < -0.3 is 9.32 Å². The van der Waals surface area contributed by atoms with Gasteiger partial charge in [-0.3, -0.25) is 4.79 Å². The van der Waals surface area contributed by atoms with Gasteiger partial charge in [0.2, 0.25) is 11.8 Å². The molecule has 0 aliphatic heterocycles. The number of thioether (sulfide) groups is 2. The van der Waals surface area contributed by atoms with E-state index in [1.807, 2.05) is 50.6 Å². The number of carbonyl (C=O) groups is 1. The van der Waals surface area contributed by atoms with Crippen LogP contribution in [0.15, 0.2) is 40.0 Å². The first-order valence-electron chi connectivity index (χ1n) is 6.86. The topological polar surface area (TPSA) is 59.2 Å². The van der Waals surface area contributed by atoms with Crippen LogP contribution in [0.25, 0.3) is 0 Å². The highest BCUT2D eigenvalue weighted by Crippen LogP contribution is 2.22. The molecule has 0 fully saturated rings. The van der Waals surface area contributed by atoms with Crippen LogP contribution in [0.4, 0.5) is 0 Å². The molecule has 0 spiro atoms. The molecular weight excluding hydrogens is 318 g/mol. The first kappa shape index (κ1) is 16.9. The largest absolute Gasteiger partial charge is 0.415 e. The molecule has 1 unspecified atom stereocenters. The standard InChI is InChI=1S/C15H19N3O2S2/c1-11(12-7-5-4-6-8-12)18(2)14(19)10-22-15-17-16-13(20-15)9-21-3/h4-8,11H,9-10H2,1-3H3. The molecule has 2 aromatic rings. The number of aromatic nitrogens is 2. The lowest BCUT2D eigenvalue weighted by Crippen LogP contribution is -2.31. The Balaban J connectivity index is 1.88. The van der Waals surface area contributed by atoms with E-state index in [0.29, 0.717) is 16.9 Å². The van der Waals surface area contributed by atoms with Gasteiger partial charge in [0.25, 0.3) is 5.22 Å². The molecule has 22 heavy (non-hydrogen) atoms. The van der Waals surface area contributed by atoms with Gasteiger partial charge in [-0.05, 0) is 18.7 Å². The van der Waals surface area contributed by atoms with Gasteiger partial charge in [-0.15, -0.1) is 10.2 Å². The van der Waals surface area contributed by atoms with Gasteiger partial charge in [0.15, 0.2) is 0 Å². The molecule has 0 saturated carbocycles. The second-order valence-electron chi connectivity index (χ2n) is 4.77. The fourth-order valence-corrected chi connectivity index (χ4v) is 2.94. The van der Waals surface area contributed by atoms with Crippen molar-refractivity contribution in [3.8, 4) is 0 Å². The van der Waals surface area contributed by atoms with Crippen LogP contribution in [0.2, 0.25) is 0 Å². The number of rotatable bonds is 7. The summed E-state index contributed by atoms with van der Waals surface area (Å²) in [6, 6.07) is 10.00. The Hall–Kier alpha value is -1.47. The van der Waals surface area contributed by atoms with Crippen molar-refractivity contribution in [2.24, 2.45) is 0 Å². The number of carbonyl (C=O) groups excluding carboxylic acids is 1. The first-order valence-corrected chi connectivity index (χ1v) is 9.24. The Kier molecular flexibility index (Phi) is 6.33. The summed E-state index contributed by atoms with van der Waals surface area (Å²) in [5, 5.41) is 8.30. The molecule has 1 heterocycles. The Labute approximate surface area is 138 Å². The highest BCUT2D eigenvalue weighted by atomic mass is 32.2. The summed E-state index contributed by atoms with van der Waals surface area (Å²) >= 11 is 2.89. The highest BCUT2D eigenvalue weighted by Gasteiger charge is 2.18. The minimum atomic E-state index is 0.0315. The summed E-state index contributed by atoms with van der Waals surface area (Å²) in [6.45, 7) is 2.02. The summed E-state index contributed by atoms with van der Waals surface area (Å²) in [6.07, 6.45) is 1.97. The Morgan fingerprint density at radius 1 is 1.32 bits per heavy atom.